The predicted molar refractivity (Wildman–Crippen MR) is 113 cm³/mol. The fourth-order valence-corrected chi connectivity index (χ4v) is 3.22. The Bertz CT molecular complexity index is 1550. The van der Waals surface area contributed by atoms with Crippen LogP contribution in [0.3, 0.4) is 0 Å². The fourth-order valence-electron chi connectivity index (χ4n) is 3.22. The summed E-state index contributed by atoms with van der Waals surface area (Å²) in [7, 11) is 0. The maximum atomic E-state index is 9.61. The lowest BCUT2D eigenvalue weighted by Gasteiger charge is -2.02. The number of nitrogens with one attached hydrogen (secondary N) is 1. The van der Waals surface area contributed by atoms with Gasteiger partial charge in [-0.2, -0.15) is 34.5 Å². The van der Waals surface area contributed by atoms with E-state index in [2.05, 4.69) is 50.4 Å². The third kappa shape index (κ3) is 3.29. The maximum absolute atomic E-state index is 9.61. The topological polar surface area (TPSA) is 172 Å². The van der Waals surface area contributed by atoms with Crippen molar-refractivity contribution in [1.29, 1.82) is 0 Å². The second kappa shape index (κ2) is 7.50. The minimum absolute atomic E-state index is 0.00838. The Morgan fingerprint density at radius 2 is 1.70 bits per heavy atom. The minimum atomic E-state index is -0.710. The lowest BCUT2D eigenvalue weighted by atomic mass is 10.2. The van der Waals surface area contributed by atoms with Crippen LogP contribution < -0.4 is 0 Å². The summed E-state index contributed by atoms with van der Waals surface area (Å²) in [5, 5.41) is 43.7. The Labute approximate surface area is 184 Å². The molecule has 0 aliphatic carbocycles. The molecule has 0 aliphatic heterocycles. The largest absolute Gasteiger partial charge is 0.479 e. The smallest absolute Gasteiger partial charge is 0.321 e. The third-order valence-corrected chi connectivity index (χ3v) is 4.68. The SMILES string of the molecule is [C-]#[N+]c1c(C)nn(-c2nc(O)nc(O)n2)c1/N=N/c1c(C)nn2c(-c3ccccc3)n[nH]c12. The number of aryl methyl sites for hydroxylation is 2. The second-order valence-electron chi connectivity index (χ2n) is 6.82. The number of aromatic hydroxyl groups is 2. The lowest BCUT2D eigenvalue weighted by Crippen LogP contribution is -2.03. The Hall–Kier alpha value is -5.19. The van der Waals surface area contributed by atoms with E-state index in [1.807, 2.05) is 30.3 Å². The molecule has 5 aromatic rings. The van der Waals surface area contributed by atoms with E-state index in [0.717, 1.165) is 10.2 Å². The van der Waals surface area contributed by atoms with Crippen LogP contribution in [0.15, 0.2) is 40.6 Å². The van der Waals surface area contributed by atoms with Crippen molar-refractivity contribution in [2.45, 2.75) is 13.8 Å². The molecule has 0 bridgehead atoms. The van der Waals surface area contributed by atoms with Gasteiger partial charge in [-0.15, -0.1) is 15.2 Å². The van der Waals surface area contributed by atoms with Crippen molar-refractivity contribution in [2.75, 3.05) is 0 Å². The highest BCUT2D eigenvalue weighted by Gasteiger charge is 2.21. The van der Waals surface area contributed by atoms with Gasteiger partial charge in [-0.3, -0.25) is 5.10 Å². The number of rotatable bonds is 4. The fraction of sp³-hybridized carbons (Fsp3) is 0.105. The molecule has 14 heteroatoms. The van der Waals surface area contributed by atoms with Crippen molar-refractivity contribution in [3.63, 3.8) is 0 Å². The average Bonchev–Trinajstić information content (AvgIpc) is 3.43. The number of benzene rings is 1. The van der Waals surface area contributed by atoms with Gasteiger partial charge < -0.3 is 10.2 Å². The zero-order chi connectivity index (χ0) is 23.1. The van der Waals surface area contributed by atoms with Crippen molar-refractivity contribution in [3.8, 4) is 29.4 Å². The first-order valence-electron chi connectivity index (χ1n) is 9.48. The van der Waals surface area contributed by atoms with E-state index >= 15 is 0 Å². The Morgan fingerprint density at radius 3 is 2.39 bits per heavy atom. The van der Waals surface area contributed by atoms with E-state index in [4.69, 9.17) is 6.57 Å². The summed E-state index contributed by atoms with van der Waals surface area (Å²) in [5.74, 6) is 0.389. The number of azo groups is 1. The summed E-state index contributed by atoms with van der Waals surface area (Å²) in [6, 6.07) is 8.12. The molecule has 0 saturated carbocycles. The Morgan fingerprint density at radius 1 is 0.970 bits per heavy atom. The van der Waals surface area contributed by atoms with E-state index in [0.29, 0.717) is 28.5 Å². The lowest BCUT2D eigenvalue weighted by molar-refractivity contribution is 0.379. The molecule has 162 valence electrons. The Balaban J connectivity index is 1.63. The molecule has 0 atom stereocenters. The zero-order valence-corrected chi connectivity index (χ0v) is 17.2. The Kier molecular flexibility index (Phi) is 4.49. The summed E-state index contributed by atoms with van der Waals surface area (Å²) >= 11 is 0. The number of nitrogens with zero attached hydrogens (tertiary/aromatic N) is 11. The first-order valence-corrected chi connectivity index (χ1v) is 9.48. The van der Waals surface area contributed by atoms with Gasteiger partial charge in [-0.05, 0) is 13.8 Å². The summed E-state index contributed by atoms with van der Waals surface area (Å²) in [5.41, 5.74) is 2.81. The van der Waals surface area contributed by atoms with Crippen LogP contribution >= 0.6 is 0 Å². The van der Waals surface area contributed by atoms with Crippen LogP contribution in [0.25, 0.3) is 27.8 Å². The van der Waals surface area contributed by atoms with Gasteiger partial charge >= 0.3 is 12.0 Å². The summed E-state index contributed by atoms with van der Waals surface area (Å²) in [6.45, 7) is 10.9. The van der Waals surface area contributed by atoms with E-state index in [9.17, 15) is 10.2 Å². The van der Waals surface area contributed by atoms with E-state index in [-0.39, 0.29) is 17.5 Å². The van der Waals surface area contributed by atoms with Gasteiger partial charge in [0.25, 0.3) is 11.6 Å². The number of aromatic amines is 1. The van der Waals surface area contributed by atoms with E-state index in [1.165, 1.54) is 0 Å². The van der Waals surface area contributed by atoms with Gasteiger partial charge in [-0.25, -0.2) is 4.85 Å². The first kappa shape index (κ1) is 19.8. The number of H-pyrrole nitrogens is 1. The van der Waals surface area contributed by atoms with Gasteiger partial charge in [0.05, 0.1) is 18.0 Å². The molecule has 0 radical (unpaired) electrons. The van der Waals surface area contributed by atoms with Gasteiger partial charge in [0.2, 0.25) is 0 Å². The van der Waals surface area contributed by atoms with Gasteiger partial charge in [0, 0.05) is 5.56 Å². The molecule has 14 nitrogen and oxygen atoms in total. The molecule has 5 rings (SSSR count). The van der Waals surface area contributed by atoms with Crippen LogP contribution in [0.4, 0.5) is 17.2 Å². The number of aromatic nitrogens is 9. The minimum Gasteiger partial charge on any atom is -0.479 e. The zero-order valence-electron chi connectivity index (χ0n) is 17.2. The maximum Gasteiger partial charge on any atom is 0.321 e. The van der Waals surface area contributed by atoms with Crippen LogP contribution in [0.1, 0.15) is 11.4 Å². The second-order valence-corrected chi connectivity index (χ2v) is 6.82. The van der Waals surface area contributed by atoms with Crippen molar-refractivity contribution in [2.24, 2.45) is 10.2 Å². The van der Waals surface area contributed by atoms with Crippen LogP contribution in [0, 0.1) is 20.4 Å². The molecule has 4 heterocycles. The van der Waals surface area contributed by atoms with Gasteiger partial charge in [-0.1, -0.05) is 30.3 Å². The van der Waals surface area contributed by atoms with Gasteiger partial charge in [0.15, 0.2) is 23.0 Å². The highest BCUT2D eigenvalue weighted by molar-refractivity contribution is 5.71. The van der Waals surface area contributed by atoms with Crippen LogP contribution in [-0.4, -0.2) is 54.8 Å². The molecule has 0 saturated heterocycles. The summed E-state index contributed by atoms with van der Waals surface area (Å²) < 4.78 is 2.71. The van der Waals surface area contributed by atoms with Crippen LogP contribution in [-0.2, 0) is 0 Å². The van der Waals surface area contributed by atoms with Gasteiger partial charge in [0.1, 0.15) is 0 Å². The molecular weight excluding hydrogens is 428 g/mol. The number of fused-ring (bicyclic) bond motifs is 1. The number of hydrogen-bond acceptors (Lipinski definition) is 10. The average molecular weight is 442 g/mol. The molecular formula is C19H14N12O2. The van der Waals surface area contributed by atoms with Crippen molar-refractivity contribution < 1.29 is 10.2 Å². The summed E-state index contributed by atoms with van der Waals surface area (Å²) in [6.07, 6.45) is 0. The quantitative estimate of drug-likeness (QED) is 0.281. The molecule has 3 N–H and O–H groups in total. The van der Waals surface area contributed by atoms with Crippen LogP contribution in [0.2, 0.25) is 0 Å². The molecule has 0 unspecified atom stereocenters. The van der Waals surface area contributed by atoms with E-state index in [1.54, 1.807) is 18.4 Å². The molecule has 0 spiro atoms. The molecule has 0 amide bonds. The van der Waals surface area contributed by atoms with Crippen molar-refractivity contribution in [1.82, 2.24) is 44.5 Å². The molecule has 1 aromatic carbocycles. The van der Waals surface area contributed by atoms with Crippen molar-refractivity contribution in [3.05, 3.63) is 53.1 Å². The predicted octanol–water partition coefficient (Wildman–Crippen LogP) is 3.09. The van der Waals surface area contributed by atoms with E-state index < -0.39 is 12.0 Å². The highest BCUT2D eigenvalue weighted by Crippen LogP contribution is 2.36. The molecule has 33 heavy (non-hydrogen) atoms. The molecule has 0 fully saturated rings. The molecule has 4 aromatic heterocycles. The van der Waals surface area contributed by atoms with Crippen molar-refractivity contribution >= 4 is 22.8 Å². The third-order valence-electron chi connectivity index (χ3n) is 4.68. The standard InChI is InChI=1S/C19H14N12O2/c1-9-12(20-3)15(31(29-9)17-21-18(32)23-19(33)22-17)26-24-13-10(2)28-30-14(25-27-16(13)30)11-7-5-4-6-8-11/h4-8,27H,1-2H3,(H2,21,22,23,32,33)/b26-24+. The normalized spacial score (nSPS) is 11.4. The molecule has 0 aliphatic rings. The number of hydrogen-bond donors (Lipinski definition) is 3. The van der Waals surface area contributed by atoms with Crippen LogP contribution in [0.5, 0.6) is 12.0 Å². The highest BCUT2D eigenvalue weighted by atomic mass is 16.3. The summed E-state index contributed by atoms with van der Waals surface area (Å²) in [4.78, 5) is 14.3. The first-order chi connectivity index (χ1) is 16.0. The monoisotopic (exact) mass is 442 g/mol.